The first-order valence-corrected chi connectivity index (χ1v) is 48.7. The molecule has 27 rings (SSSR count). The third-order valence-electron chi connectivity index (χ3n) is 28.7. The first kappa shape index (κ1) is 87.6. The summed E-state index contributed by atoms with van der Waals surface area (Å²) in [7, 11) is 1.70. The average molecular weight is 1870 g/mol. The number of carbonyl (C=O) groups is 5. The van der Waals surface area contributed by atoms with Crippen molar-refractivity contribution in [2.75, 3.05) is 7.11 Å². The van der Waals surface area contributed by atoms with Crippen LogP contribution in [0.2, 0.25) is 0 Å². The molecular weight excluding hydrogens is 1790 g/mol. The number of carbonyl (C=O) groups excluding carboxylic acids is 5. The quantitative estimate of drug-likeness (QED) is 0.0453. The standard InChI is InChI=1S/C36H24O3.C35H20O2S.C30H18O4.C29H24O3/c1-39-33-10-6-5-9-28(33)27-17-12-23-13-18-29-26(16-11-22-14-19-30(27)35(23)34(22)29)25-15-20-32(37)31(21-25)36(38)24-7-3-2-4-8-24;36-30-10-3-1-7-29(30)34(37)27-17-14-20-12-13-21-18-23(19-22-15-16-26(27)33(20)32(21)22)24-8-5-9-28-25-6-2-4-11-31(25)38-35(24)28;31-25-7-3-1-5-23(25)29(33)21-15-11-17-10-14-20-22(30(34)24-6-2-4-8-26(24)32)16-12-18-9-13-19(21)27(17)28(18)20;30-25-9-5-4-8-23(25)29(31)22-15-11-18-12-16-24-26(32-20-6-2-1-3-7-20)17-13-19-10-14-21(22)27(18)28(19)24/h2-21,37H,1H3;1-19,36H;1-16,31-32H;4-5,8-17,20,30H,1-3,6-7H2. The normalized spacial score (nSPS) is 12.3. The second-order valence-corrected chi connectivity index (χ2v) is 37.8. The number of phenols is 5. The van der Waals surface area contributed by atoms with E-state index in [1.807, 2.05) is 121 Å². The van der Waals surface area contributed by atoms with E-state index < -0.39 is 0 Å². The van der Waals surface area contributed by atoms with E-state index in [1.54, 1.807) is 128 Å². The summed E-state index contributed by atoms with van der Waals surface area (Å²) in [4.78, 5) is 66.8. The van der Waals surface area contributed by atoms with E-state index in [0.717, 1.165) is 154 Å². The Morgan fingerprint density at radius 1 is 0.238 bits per heavy atom. The number of ketones is 5. The van der Waals surface area contributed by atoms with Crippen LogP contribution in [0.3, 0.4) is 0 Å². The molecule has 1 aliphatic carbocycles. The molecule has 684 valence electrons. The van der Waals surface area contributed by atoms with Crippen LogP contribution in [0.15, 0.2) is 406 Å². The first-order chi connectivity index (χ1) is 70.1. The summed E-state index contributed by atoms with van der Waals surface area (Å²) < 4.78 is 14.8. The van der Waals surface area contributed by atoms with Gasteiger partial charge in [0.05, 0.1) is 41.0 Å². The number of hydrogen-bond donors (Lipinski definition) is 5. The first-order valence-electron chi connectivity index (χ1n) is 47.8. The van der Waals surface area contributed by atoms with Crippen molar-refractivity contribution < 1.29 is 59.0 Å². The number of hydrogen-bond acceptors (Lipinski definition) is 13. The Morgan fingerprint density at radius 2 is 0.601 bits per heavy atom. The highest BCUT2D eigenvalue weighted by molar-refractivity contribution is 7.26. The Hall–Kier alpha value is -18.2. The van der Waals surface area contributed by atoms with Gasteiger partial charge in [0, 0.05) is 64.3 Å². The number of benzene rings is 25. The van der Waals surface area contributed by atoms with Gasteiger partial charge in [-0.2, -0.15) is 0 Å². The van der Waals surface area contributed by atoms with Crippen LogP contribution in [0.4, 0.5) is 0 Å². The van der Waals surface area contributed by atoms with Crippen LogP contribution >= 0.6 is 11.3 Å². The fraction of sp³-hybridized carbons (Fsp3) is 0.0538. The third kappa shape index (κ3) is 15.2. The van der Waals surface area contributed by atoms with Crippen LogP contribution in [0.1, 0.15) is 112 Å². The molecule has 0 unspecified atom stereocenters. The second-order valence-electron chi connectivity index (χ2n) is 36.8. The van der Waals surface area contributed by atoms with Gasteiger partial charge < -0.3 is 35.0 Å². The summed E-state index contributed by atoms with van der Waals surface area (Å²) in [5.74, 6) is 0.572. The summed E-state index contributed by atoms with van der Waals surface area (Å²) in [5.41, 5.74) is 10.7. The van der Waals surface area contributed by atoms with Crippen LogP contribution < -0.4 is 9.47 Å². The fourth-order valence-corrected chi connectivity index (χ4v) is 23.0. The SMILES string of the molecule is COc1ccccc1-c1ccc2ccc3c(-c4ccc(O)c(C(=O)c5ccccc5)c4)ccc4ccc1c2c43.O=C(c1ccccc1O)c1ccc2ccc3c(C(=O)c4ccccc4O)ccc4ccc1c2c43.O=C(c1ccccc1O)c1ccc2ccc3c(OC4CCCCC4)ccc4ccc1c2c43.O=C(c1ccccc1O)c1ccc2ccc3cc(-c4cccc5c4sc4ccccc45)cc4ccc1c2c34. The van der Waals surface area contributed by atoms with Crippen LogP contribution in [0, 0.1) is 0 Å². The summed E-state index contributed by atoms with van der Waals surface area (Å²) >= 11 is 1.84. The van der Waals surface area contributed by atoms with E-state index in [2.05, 4.69) is 164 Å². The van der Waals surface area contributed by atoms with Crippen molar-refractivity contribution in [2.45, 2.75) is 38.2 Å². The van der Waals surface area contributed by atoms with E-state index in [9.17, 15) is 49.5 Å². The molecule has 1 aromatic heterocycles. The van der Waals surface area contributed by atoms with Crippen LogP contribution in [-0.2, 0) is 0 Å². The molecular formula is C130H86O12S. The fourth-order valence-electron chi connectivity index (χ4n) is 21.8. The molecule has 1 saturated carbocycles. The molecule has 0 saturated heterocycles. The van der Waals surface area contributed by atoms with Gasteiger partial charge in [0.1, 0.15) is 40.2 Å². The zero-order valence-electron chi connectivity index (χ0n) is 77.3. The largest absolute Gasteiger partial charge is 0.507 e. The lowest BCUT2D eigenvalue weighted by Gasteiger charge is -2.24. The van der Waals surface area contributed by atoms with Gasteiger partial charge in [-0.3, -0.25) is 24.0 Å². The van der Waals surface area contributed by atoms with Gasteiger partial charge in [0.2, 0.25) is 0 Å². The predicted octanol–water partition coefficient (Wildman–Crippen LogP) is 32.1. The summed E-state index contributed by atoms with van der Waals surface area (Å²) in [6.07, 6.45) is 6.26. The lowest BCUT2D eigenvalue weighted by atomic mass is 9.86. The van der Waals surface area contributed by atoms with Crippen LogP contribution in [-0.4, -0.2) is 67.7 Å². The summed E-state index contributed by atoms with van der Waals surface area (Å²) in [6, 6.07) is 130. The van der Waals surface area contributed by atoms with Crippen molar-refractivity contribution in [3.05, 3.63) is 462 Å². The number of fused-ring (bicyclic) bond motifs is 3. The number of rotatable bonds is 16. The molecule has 0 radical (unpaired) electrons. The molecule has 12 nitrogen and oxygen atoms in total. The van der Waals surface area contributed by atoms with Gasteiger partial charge in [0.25, 0.3) is 0 Å². The zero-order chi connectivity index (χ0) is 96.9. The molecule has 1 fully saturated rings. The van der Waals surface area contributed by atoms with Gasteiger partial charge in [0.15, 0.2) is 28.9 Å². The number of para-hydroxylation sites is 5. The highest BCUT2D eigenvalue weighted by atomic mass is 32.1. The number of phenolic OH excluding ortho intramolecular Hbond substituents is 5. The molecule has 1 aliphatic rings. The summed E-state index contributed by atoms with van der Waals surface area (Å²) in [6.45, 7) is 0. The van der Waals surface area contributed by atoms with E-state index >= 15 is 0 Å². The highest BCUT2D eigenvalue weighted by Crippen LogP contribution is 2.50. The number of ether oxygens (including phenoxy) is 2. The van der Waals surface area contributed by atoms with Gasteiger partial charge >= 0.3 is 0 Å². The van der Waals surface area contributed by atoms with Crippen LogP contribution in [0.25, 0.3) is 183 Å². The number of aromatic hydroxyl groups is 5. The van der Waals surface area contributed by atoms with Gasteiger partial charge in [-0.25, -0.2) is 0 Å². The van der Waals surface area contributed by atoms with Crippen molar-refractivity contribution in [1.29, 1.82) is 0 Å². The Bertz CT molecular complexity index is 9520. The minimum atomic E-state index is -0.262. The smallest absolute Gasteiger partial charge is 0.197 e. The maximum Gasteiger partial charge on any atom is 0.197 e. The minimum Gasteiger partial charge on any atom is -0.507 e. The molecule has 13 heteroatoms. The number of methoxy groups -OCH3 is 1. The Morgan fingerprint density at radius 3 is 1.10 bits per heavy atom. The lowest BCUT2D eigenvalue weighted by Crippen LogP contribution is -2.19. The molecule has 26 aromatic rings. The lowest BCUT2D eigenvalue weighted by molar-refractivity contribution is 0.102. The van der Waals surface area contributed by atoms with E-state index in [0.29, 0.717) is 44.5 Å². The van der Waals surface area contributed by atoms with E-state index in [1.165, 1.54) is 84.2 Å². The molecule has 0 spiro atoms. The molecule has 25 aromatic carbocycles. The second kappa shape index (κ2) is 36.0. The predicted molar refractivity (Wildman–Crippen MR) is 582 cm³/mol. The topological polar surface area (TPSA) is 205 Å². The Kier molecular flexibility index (Phi) is 22.0. The third-order valence-corrected chi connectivity index (χ3v) is 29.9. The van der Waals surface area contributed by atoms with Crippen molar-refractivity contribution in [3.8, 4) is 73.6 Å². The Balaban J connectivity index is 0.000000103. The molecule has 0 atom stereocenters. The molecule has 0 amide bonds. The van der Waals surface area contributed by atoms with E-state index in [-0.39, 0.29) is 74.9 Å². The van der Waals surface area contributed by atoms with Crippen molar-refractivity contribution >= 4 is 190 Å². The maximum atomic E-state index is 13.5. The highest BCUT2D eigenvalue weighted by Gasteiger charge is 2.29. The monoisotopic (exact) mass is 1870 g/mol. The Labute approximate surface area is 824 Å². The van der Waals surface area contributed by atoms with Crippen molar-refractivity contribution in [2.24, 2.45) is 0 Å². The molecule has 0 bridgehead atoms. The van der Waals surface area contributed by atoms with Gasteiger partial charge in [-0.05, 0) is 293 Å². The summed E-state index contributed by atoms with van der Waals surface area (Å²) in [5, 5.41) is 79.5. The van der Waals surface area contributed by atoms with Gasteiger partial charge in [-0.15, -0.1) is 11.3 Å². The van der Waals surface area contributed by atoms with E-state index in [4.69, 9.17) is 9.47 Å². The van der Waals surface area contributed by atoms with Crippen molar-refractivity contribution in [3.63, 3.8) is 0 Å². The number of thiophene rings is 1. The van der Waals surface area contributed by atoms with Crippen LogP contribution in [0.5, 0.6) is 40.2 Å². The minimum absolute atomic E-state index is 0.00301. The average Bonchev–Trinajstić information content (AvgIpc) is 1.00. The maximum absolute atomic E-state index is 13.5. The van der Waals surface area contributed by atoms with Gasteiger partial charge in [-0.1, -0.05) is 292 Å². The molecule has 0 aliphatic heterocycles. The molecule has 143 heavy (non-hydrogen) atoms. The van der Waals surface area contributed by atoms with Crippen molar-refractivity contribution in [1.82, 2.24) is 0 Å². The molecule has 1 heterocycles. The molecule has 5 N–H and O–H groups in total. The zero-order valence-corrected chi connectivity index (χ0v) is 78.1.